The van der Waals surface area contributed by atoms with E-state index in [-0.39, 0.29) is 18.6 Å². The smallest absolute Gasteiger partial charge is 0.234 e. The van der Waals surface area contributed by atoms with Crippen LogP contribution in [0.1, 0.15) is 12.5 Å². The third-order valence-electron chi connectivity index (χ3n) is 3.41. The standard InChI is InChI=1S/C18H18N2O4S/c1-12(21)19-14-3-2-4-15(8-14)20-18(22)10-25-9-13-5-6-16-17(7-13)24-11-23-16/h2-8H,9-11H2,1H3,(H,19,21)(H,20,22). The maximum atomic E-state index is 12.1. The van der Waals surface area contributed by atoms with Crippen molar-refractivity contribution in [2.24, 2.45) is 0 Å². The van der Waals surface area contributed by atoms with Crippen LogP contribution in [0.2, 0.25) is 0 Å². The number of amides is 2. The number of fused-ring (bicyclic) bond motifs is 1. The van der Waals surface area contributed by atoms with Crippen molar-refractivity contribution in [1.29, 1.82) is 0 Å². The molecule has 2 aromatic carbocycles. The second kappa shape index (κ2) is 7.94. The van der Waals surface area contributed by atoms with Gasteiger partial charge in [0.05, 0.1) is 5.75 Å². The molecule has 0 unspecified atom stereocenters. The summed E-state index contributed by atoms with van der Waals surface area (Å²) < 4.78 is 10.6. The summed E-state index contributed by atoms with van der Waals surface area (Å²) in [6.45, 7) is 1.70. The molecule has 0 aromatic heterocycles. The molecule has 1 heterocycles. The van der Waals surface area contributed by atoms with E-state index >= 15 is 0 Å². The number of thioether (sulfide) groups is 1. The predicted molar refractivity (Wildman–Crippen MR) is 98.1 cm³/mol. The molecule has 2 aromatic rings. The van der Waals surface area contributed by atoms with Crippen molar-refractivity contribution in [3.05, 3.63) is 48.0 Å². The highest BCUT2D eigenvalue weighted by atomic mass is 32.2. The highest BCUT2D eigenvalue weighted by Crippen LogP contribution is 2.33. The predicted octanol–water partition coefficient (Wildman–Crippen LogP) is 3.25. The lowest BCUT2D eigenvalue weighted by Crippen LogP contribution is -2.14. The summed E-state index contributed by atoms with van der Waals surface area (Å²) in [6.07, 6.45) is 0. The SMILES string of the molecule is CC(=O)Nc1cccc(NC(=O)CSCc2ccc3c(c2)OCO3)c1. The molecule has 0 spiro atoms. The Hall–Kier alpha value is -2.67. The average Bonchev–Trinajstić information content (AvgIpc) is 3.02. The first-order chi connectivity index (χ1) is 12.1. The highest BCUT2D eigenvalue weighted by molar-refractivity contribution is 7.99. The van der Waals surface area contributed by atoms with Crippen LogP contribution in [0.25, 0.3) is 0 Å². The molecular formula is C18H18N2O4S. The number of anilines is 2. The fourth-order valence-electron chi connectivity index (χ4n) is 2.37. The van der Waals surface area contributed by atoms with Crippen molar-refractivity contribution in [1.82, 2.24) is 0 Å². The largest absolute Gasteiger partial charge is 0.454 e. The Morgan fingerprint density at radius 3 is 2.60 bits per heavy atom. The van der Waals surface area contributed by atoms with Crippen LogP contribution in [0.5, 0.6) is 11.5 Å². The first-order valence-corrected chi connectivity index (χ1v) is 8.89. The first-order valence-electron chi connectivity index (χ1n) is 7.74. The van der Waals surface area contributed by atoms with E-state index in [1.54, 1.807) is 24.3 Å². The van der Waals surface area contributed by atoms with Gasteiger partial charge in [-0.05, 0) is 35.9 Å². The van der Waals surface area contributed by atoms with Gasteiger partial charge in [0.15, 0.2) is 11.5 Å². The Morgan fingerprint density at radius 1 is 1.04 bits per heavy atom. The molecule has 0 saturated heterocycles. The maximum Gasteiger partial charge on any atom is 0.234 e. The van der Waals surface area contributed by atoms with Gasteiger partial charge in [-0.2, -0.15) is 0 Å². The van der Waals surface area contributed by atoms with Crippen LogP contribution in [0.3, 0.4) is 0 Å². The first kappa shape index (κ1) is 17.2. The van der Waals surface area contributed by atoms with Crippen molar-refractivity contribution in [2.45, 2.75) is 12.7 Å². The molecule has 7 heteroatoms. The minimum atomic E-state index is -0.150. The summed E-state index contributed by atoms with van der Waals surface area (Å²) >= 11 is 1.52. The summed E-state index contributed by atoms with van der Waals surface area (Å²) in [5, 5.41) is 5.51. The van der Waals surface area contributed by atoms with Crippen LogP contribution in [0, 0.1) is 0 Å². The van der Waals surface area contributed by atoms with Crippen LogP contribution in [0.4, 0.5) is 11.4 Å². The van der Waals surface area contributed by atoms with Gasteiger partial charge in [0.2, 0.25) is 18.6 Å². The van der Waals surface area contributed by atoms with Crippen LogP contribution >= 0.6 is 11.8 Å². The van der Waals surface area contributed by atoms with Gasteiger partial charge < -0.3 is 20.1 Å². The van der Waals surface area contributed by atoms with E-state index in [1.165, 1.54) is 18.7 Å². The topological polar surface area (TPSA) is 76.7 Å². The number of ether oxygens (including phenoxy) is 2. The van der Waals surface area contributed by atoms with E-state index in [4.69, 9.17) is 9.47 Å². The normalized spacial score (nSPS) is 11.9. The number of rotatable bonds is 6. The Balaban J connectivity index is 1.47. The molecule has 0 radical (unpaired) electrons. The summed E-state index contributed by atoms with van der Waals surface area (Å²) in [4.78, 5) is 23.1. The zero-order chi connectivity index (χ0) is 17.6. The molecular weight excluding hydrogens is 340 g/mol. The lowest BCUT2D eigenvalue weighted by atomic mass is 10.2. The van der Waals surface area contributed by atoms with E-state index in [9.17, 15) is 9.59 Å². The zero-order valence-corrected chi connectivity index (χ0v) is 14.5. The summed E-state index contributed by atoms with van der Waals surface area (Å²) in [5.74, 6) is 2.30. The average molecular weight is 358 g/mol. The van der Waals surface area contributed by atoms with Crippen molar-refractivity contribution in [3.63, 3.8) is 0 Å². The highest BCUT2D eigenvalue weighted by Gasteiger charge is 2.13. The van der Waals surface area contributed by atoms with Crippen LogP contribution in [-0.2, 0) is 15.3 Å². The lowest BCUT2D eigenvalue weighted by Gasteiger charge is -2.08. The zero-order valence-electron chi connectivity index (χ0n) is 13.7. The fourth-order valence-corrected chi connectivity index (χ4v) is 3.14. The van der Waals surface area contributed by atoms with E-state index in [0.29, 0.717) is 22.9 Å². The molecule has 2 N–H and O–H groups in total. The Kier molecular flexibility index (Phi) is 5.45. The Morgan fingerprint density at radius 2 is 1.80 bits per heavy atom. The minimum absolute atomic E-state index is 0.0919. The molecule has 1 aliphatic heterocycles. The van der Waals surface area contributed by atoms with E-state index in [1.807, 2.05) is 18.2 Å². The van der Waals surface area contributed by atoms with Gasteiger partial charge in [0, 0.05) is 24.1 Å². The quantitative estimate of drug-likeness (QED) is 0.829. The van der Waals surface area contributed by atoms with Gasteiger partial charge in [-0.3, -0.25) is 9.59 Å². The number of nitrogens with one attached hydrogen (secondary N) is 2. The van der Waals surface area contributed by atoms with Gasteiger partial charge >= 0.3 is 0 Å². The van der Waals surface area contributed by atoms with Crippen molar-refractivity contribution in [2.75, 3.05) is 23.2 Å². The molecule has 0 bridgehead atoms. The van der Waals surface area contributed by atoms with E-state index in [0.717, 1.165) is 17.1 Å². The molecule has 1 aliphatic rings. The number of carbonyl (C=O) groups is 2. The van der Waals surface area contributed by atoms with Gasteiger partial charge in [-0.15, -0.1) is 11.8 Å². The fraction of sp³-hybridized carbons (Fsp3) is 0.222. The van der Waals surface area contributed by atoms with E-state index < -0.39 is 0 Å². The minimum Gasteiger partial charge on any atom is -0.454 e. The molecule has 6 nitrogen and oxygen atoms in total. The maximum absolute atomic E-state index is 12.1. The summed E-state index contributed by atoms with van der Waals surface area (Å²) in [5.41, 5.74) is 2.38. The molecule has 130 valence electrons. The van der Waals surface area contributed by atoms with E-state index in [2.05, 4.69) is 10.6 Å². The lowest BCUT2D eigenvalue weighted by molar-refractivity contribution is -0.114. The Bertz CT molecular complexity index is 794. The van der Waals surface area contributed by atoms with Gasteiger partial charge in [0.25, 0.3) is 0 Å². The number of carbonyl (C=O) groups excluding carboxylic acids is 2. The molecule has 0 atom stereocenters. The molecule has 25 heavy (non-hydrogen) atoms. The Labute approximate surface area is 149 Å². The molecule has 0 aliphatic carbocycles. The summed E-state index contributed by atoms with van der Waals surface area (Å²) in [6, 6.07) is 12.8. The third-order valence-corrected chi connectivity index (χ3v) is 4.41. The summed E-state index contributed by atoms with van der Waals surface area (Å²) in [7, 11) is 0. The monoisotopic (exact) mass is 358 g/mol. The van der Waals surface area contributed by atoms with Crippen molar-refractivity contribution < 1.29 is 19.1 Å². The van der Waals surface area contributed by atoms with Crippen LogP contribution < -0.4 is 20.1 Å². The number of benzene rings is 2. The van der Waals surface area contributed by atoms with Gasteiger partial charge in [-0.1, -0.05) is 12.1 Å². The number of hydrogen-bond donors (Lipinski definition) is 2. The third kappa shape index (κ3) is 4.90. The van der Waals surface area contributed by atoms with Crippen molar-refractivity contribution in [3.8, 4) is 11.5 Å². The second-order valence-electron chi connectivity index (χ2n) is 5.49. The van der Waals surface area contributed by atoms with Crippen LogP contribution in [-0.4, -0.2) is 24.4 Å². The molecule has 0 fully saturated rings. The molecule has 0 saturated carbocycles. The molecule has 3 rings (SSSR count). The van der Waals surface area contributed by atoms with Gasteiger partial charge in [-0.25, -0.2) is 0 Å². The molecule has 2 amide bonds. The van der Waals surface area contributed by atoms with Crippen molar-refractivity contribution >= 4 is 35.0 Å². The number of hydrogen-bond acceptors (Lipinski definition) is 5. The second-order valence-corrected chi connectivity index (χ2v) is 6.48. The van der Waals surface area contributed by atoms with Crippen LogP contribution in [0.15, 0.2) is 42.5 Å². The van der Waals surface area contributed by atoms with Gasteiger partial charge in [0.1, 0.15) is 0 Å².